The molecule has 0 bridgehead atoms. The number of sulfonamides is 1. The minimum Gasteiger partial charge on any atom is -0.380 e. The van der Waals surface area contributed by atoms with Crippen LogP contribution in [0.15, 0.2) is 17.3 Å². The molecule has 1 aromatic rings. The van der Waals surface area contributed by atoms with Gasteiger partial charge in [0.1, 0.15) is 0 Å². The van der Waals surface area contributed by atoms with Crippen LogP contribution in [0.4, 0.5) is 0 Å². The standard InChI is InChI=1S/C7H11N3O3S/c11-14(12,7-1-3-8-9-7)10-6-2-4-13-5-6/h1,3,6,10H,2,4-5H2,(H,8,9). The third-order valence-electron chi connectivity index (χ3n) is 2.02. The SMILES string of the molecule is O=S(=O)(NC1CCOC1)c1ccn[nH]1. The summed E-state index contributed by atoms with van der Waals surface area (Å²) < 4.78 is 30.8. The Bertz CT molecular complexity index is 380. The monoisotopic (exact) mass is 217 g/mol. The first-order valence-electron chi connectivity index (χ1n) is 4.28. The molecule has 0 radical (unpaired) electrons. The van der Waals surface area contributed by atoms with Crippen LogP contribution in [0.1, 0.15) is 6.42 Å². The number of hydrogen-bond donors (Lipinski definition) is 2. The van der Waals surface area contributed by atoms with Gasteiger partial charge in [-0.25, -0.2) is 13.1 Å². The maximum atomic E-state index is 11.6. The number of nitrogens with zero attached hydrogens (tertiary/aromatic N) is 1. The fourth-order valence-electron chi connectivity index (χ4n) is 1.30. The highest BCUT2D eigenvalue weighted by molar-refractivity contribution is 7.89. The molecule has 1 aromatic heterocycles. The molecular formula is C7H11N3O3S. The molecule has 1 aliphatic heterocycles. The summed E-state index contributed by atoms with van der Waals surface area (Å²) in [6.07, 6.45) is 2.12. The van der Waals surface area contributed by atoms with E-state index in [2.05, 4.69) is 14.9 Å². The number of H-pyrrole nitrogens is 1. The molecule has 2 heterocycles. The zero-order valence-electron chi connectivity index (χ0n) is 7.43. The number of ether oxygens (including phenoxy) is 1. The van der Waals surface area contributed by atoms with Crippen molar-refractivity contribution in [2.75, 3.05) is 13.2 Å². The molecule has 14 heavy (non-hydrogen) atoms. The van der Waals surface area contributed by atoms with Crippen molar-refractivity contribution in [3.8, 4) is 0 Å². The van der Waals surface area contributed by atoms with Gasteiger partial charge in [-0.1, -0.05) is 0 Å². The lowest BCUT2D eigenvalue weighted by molar-refractivity contribution is 0.192. The molecule has 0 saturated carbocycles. The van der Waals surface area contributed by atoms with Crippen LogP contribution in [0, 0.1) is 0 Å². The number of hydrogen-bond acceptors (Lipinski definition) is 4. The minimum absolute atomic E-state index is 0.0874. The summed E-state index contributed by atoms with van der Waals surface area (Å²) in [7, 11) is -3.45. The topological polar surface area (TPSA) is 84.1 Å². The zero-order chi connectivity index (χ0) is 10.0. The molecule has 1 fully saturated rings. The second-order valence-electron chi connectivity index (χ2n) is 3.10. The maximum absolute atomic E-state index is 11.6. The summed E-state index contributed by atoms with van der Waals surface area (Å²) in [6, 6.07) is 1.29. The predicted octanol–water partition coefficient (Wildman–Crippen LogP) is -0.523. The zero-order valence-corrected chi connectivity index (χ0v) is 8.25. The van der Waals surface area contributed by atoms with E-state index in [-0.39, 0.29) is 11.1 Å². The smallest absolute Gasteiger partial charge is 0.257 e. The predicted molar refractivity (Wildman–Crippen MR) is 48.1 cm³/mol. The molecule has 2 N–H and O–H groups in total. The number of nitrogens with one attached hydrogen (secondary N) is 2. The van der Waals surface area contributed by atoms with Crippen molar-refractivity contribution < 1.29 is 13.2 Å². The molecule has 2 rings (SSSR count). The average molecular weight is 217 g/mol. The molecule has 0 amide bonds. The summed E-state index contributed by atoms with van der Waals surface area (Å²) in [5, 5.41) is 6.09. The summed E-state index contributed by atoms with van der Waals surface area (Å²) >= 11 is 0. The first kappa shape index (κ1) is 9.63. The lowest BCUT2D eigenvalue weighted by Crippen LogP contribution is -2.35. The average Bonchev–Trinajstić information content (AvgIpc) is 2.71. The molecule has 0 aromatic carbocycles. The minimum atomic E-state index is -3.45. The van der Waals surface area contributed by atoms with Crippen LogP contribution in [-0.4, -0.2) is 37.9 Å². The van der Waals surface area contributed by atoms with Crippen LogP contribution in [0.2, 0.25) is 0 Å². The summed E-state index contributed by atoms with van der Waals surface area (Å²) in [5.41, 5.74) is 0. The van der Waals surface area contributed by atoms with Crippen LogP contribution in [0.5, 0.6) is 0 Å². The Kier molecular flexibility index (Phi) is 2.53. The van der Waals surface area contributed by atoms with E-state index in [1.54, 1.807) is 0 Å². The van der Waals surface area contributed by atoms with Gasteiger partial charge in [-0.2, -0.15) is 5.10 Å². The van der Waals surface area contributed by atoms with Crippen LogP contribution in [0.25, 0.3) is 0 Å². The van der Waals surface area contributed by atoms with Gasteiger partial charge >= 0.3 is 0 Å². The van der Waals surface area contributed by atoms with E-state index in [4.69, 9.17) is 4.74 Å². The Hall–Kier alpha value is -0.920. The van der Waals surface area contributed by atoms with Gasteiger partial charge in [-0.05, 0) is 12.5 Å². The molecule has 1 unspecified atom stereocenters. The molecule has 6 nitrogen and oxygen atoms in total. The molecular weight excluding hydrogens is 206 g/mol. The number of rotatable bonds is 3. The molecule has 0 aliphatic carbocycles. The summed E-state index contributed by atoms with van der Waals surface area (Å²) in [6.45, 7) is 1.05. The van der Waals surface area contributed by atoms with Crippen molar-refractivity contribution in [1.29, 1.82) is 0 Å². The Morgan fingerprint density at radius 2 is 2.50 bits per heavy atom. The van der Waals surface area contributed by atoms with Gasteiger partial charge in [-0.3, -0.25) is 5.10 Å². The molecule has 1 saturated heterocycles. The van der Waals surface area contributed by atoms with E-state index < -0.39 is 10.0 Å². The largest absolute Gasteiger partial charge is 0.380 e. The van der Waals surface area contributed by atoms with Gasteiger partial charge in [0.05, 0.1) is 12.8 Å². The van der Waals surface area contributed by atoms with Crippen molar-refractivity contribution >= 4 is 10.0 Å². The van der Waals surface area contributed by atoms with Gasteiger partial charge in [0.2, 0.25) is 0 Å². The highest BCUT2D eigenvalue weighted by atomic mass is 32.2. The van der Waals surface area contributed by atoms with Crippen LogP contribution < -0.4 is 4.72 Å². The van der Waals surface area contributed by atoms with E-state index >= 15 is 0 Å². The third kappa shape index (κ3) is 1.94. The van der Waals surface area contributed by atoms with Crippen molar-refractivity contribution in [2.24, 2.45) is 0 Å². The Balaban J connectivity index is 2.09. The van der Waals surface area contributed by atoms with E-state index in [9.17, 15) is 8.42 Å². The van der Waals surface area contributed by atoms with Gasteiger partial charge in [0.25, 0.3) is 10.0 Å². The first-order valence-corrected chi connectivity index (χ1v) is 5.76. The van der Waals surface area contributed by atoms with Gasteiger partial charge in [0.15, 0.2) is 5.03 Å². The highest BCUT2D eigenvalue weighted by Gasteiger charge is 2.23. The van der Waals surface area contributed by atoms with Crippen LogP contribution in [0.3, 0.4) is 0 Å². The maximum Gasteiger partial charge on any atom is 0.257 e. The number of aromatic amines is 1. The lowest BCUT2D eigenvalue weighted by Gasteiger charge is -2.09. The fourth-order valence-corrected chi connectivity index (χ4v) is 2.47. The Morgan fingerprint density at radius 3 is 3.07 bits per heavy atom. The first-order chi connectivity index (χ1) is 6.68. The molecule has 1 atom stereocenters. The van der Waals surface area contributed by atoms with Crippen molar-refractivity contribution in [2.45, 2.75) is 17.5 Å². The Morgan fingerprint density at radius 1 is 1.64 bits per heavy atom. The van der Waals surface area contributed by atoms with E-state index in [1.165, 1.54) is 12.3 Å². The van der Waals surface area contributed by atoms with E-state index in [1.807, 2.05) is 0 Å². The van der Waals surface area contributed by atoms with Gasteiger partial charge < -0.3 is 4.74 Å². The van der Waals surface area contributed by atoms with Crippen molar-refractivity contribution in [3.63, 3.8) is 0 Å². The van der Waals surface area contributed by atoms with Crippen molar-refractivity contribution in [1.82, 2.24) is 14.9 Å². The van der Waals surface area contributed by atoms with Gasteiger partial charge in [-0.15, -0.1) is 0 Å². The molecule has 78 valence electrons. The lowest BCUT2D eigenvalue weighted by atomic mass is 10.3. The summed E-state index contributed by atoms with van der Waals surface area (Å²) in [5.74, 6) is 0. The second kappa shape index (κ2) is 3.68. The quantitative estimate of drug-likeness (QED) is 0.713. The molecule has 0 spiro atoms. The second-order valence-corrected chi connectivity index (χ2v) is 4.79. The van der Waals surface area contributed by atoms with Crippen LogP contribution >= 0.6 is 0 Å². The van der Waals surface area contributed by atoms with E-state index in [0.29, 0.717) is 19.6 Å². The summed E-state index contributed by atoms with van der Waals surface area (Å²) in [4.78, 5) is 0. The highest BCUT2D eigenvalue weighted by Crippen LogP contribution is 2.09. The number of aromatic nitrogens is 2. The molecule has 1 aliphatic rings. The molecule has 7 heteroatoms. The van der Waals surface area contributed by atoms with Gasteiger partial charge in [0, 0.05) is 12.6 Å². The Labute approximate surface area is 81.7 Å². The fraction of sp³-hybridized carbons (Fsp3) is 0.571. The van der Waals surface area contributed by atoms with Crippen molar-refractivity contribution in [3.05, 3.63) is 12.3 Å². The normalized spacial score (nSPS) is 22.7. The van der Waals surface area contributed by atoms with E-state index in [0.717, 1.165) is 0 Å². The third-order valence-corrected chi connectivity index (χ3v) is 3.47. The van der Waals surface area contributed by atoms with Crippen LogP contribution in [-0.2, 0) is 14.8 Å².